The molecular formula is C15H10N2OS. The number of aromatic nitrogens is 1. The van der Waals surface area contributed by atoms with Crippen LogP contribution in [-0.2, 0) is 0 Å². The van der Waals surface area contributed by atoms with Crippen molar-refractivity contribution in [1.29, 1.82) is 5.26 Å². The van der Waals surface area contributed by atoms with Crippen LogP contribution in [0.4, 0.5) is 0 Å². The molecular weight excluding hydrogens is 256 g/mol. The monoisotopic (exact) mass is 266 g/mol. The Balaban J connectivity index is 2.07. The van der Waals surface area contributed by atoms with Crippen LogP contribution in [0.25, 0.3) is 21.9 Å². The van der Waals surface area contributed by atoms with Crippen molar-refractivity contribution in [2.45, 2.75) is 6.92 Å². The fourth-order valence-corrected chi connectivity index (χ4v) is 2.73. The summed E-state index contributed by atoms with van der Waals surface area (Å²) in [5.74, 6) is 1.50. The zero-order valence-corrected chi connectivity index (χ0v) is 11.1. The van der Waals surface area contributed by atoms with E-state index in [-0.39, 0.29) is 0 Å². The van der Waals surface area contributed by atoms with E-state index in [1.54, 1.807) is 6.08 Å². The van der Waals surface area contributed by atoms with E-state index in [1.165, 1.54) is 11.3 Å². The highest BCUT2D eigenvalue weighted by Crippen LogP contribution is 2.28. The van der Waals surface area contributed by atoms with E-state index < -0.39 is 0 Å². The average Bonchev–Trinajstić information content (AvgIpc) is 3.01. The van der Waals surface area contributed by atoms with Gasteiger partial charge < -0.3 is 4.42 Å². The lowest BCUT2D eigenvalue weighted by Crippen LogP contribution is -1.78. The maximum absolute atomic E-state index is 9.28. The Morgan fingerprint density at radius 3 is 2.84 bits per heavy atom. The summed E-state index contributed by atoms with van der Waals surface area (Å²) >= 11 is 1.51. The van der Waals surface area contributed by atoms with Crippen LogP contribution in [-0.4, -0.2) is 4.98 Å². The molecule has 3 aromatic rings. The normalized spacial score (nSPS) is 11.7. The van der Waals surface area contributed by atoms with Crippen LogP contribution < -0.4 is 0 Å². The van der Waals surface area contributed by atoms with E-state index in [0.717, 1.165) is 21.0 Å². The SMILES string of the molecule is Cc1ccc(/C=C(\C#N)c2nc3ccccc3s2)o1. The number of nitriles is 1. The predicted octanol–water partition coefficient (Wildman–Crippen LogP) is 4.26. The first kappa shape index (κ1) is 11.7. The minimum atomic E-state index is 0.524. The molecule has 4 heteroatoms. The Bertz CT molecular complexity index is 772. The number of nitrogens with zero attached hydrogens (tertiary/aromatic N) is 2. The van der Waals surface area contributed by atoms with Gasteiger partial charge in [-0.2, -0.15) is 5.26 Å². The van der Waals surface area contributed by atoms with Crippen LogP contribution in [0.5, 0.6) is 0 Å². The summed E-state index contributed by atoms with van der Waals surface area (Å²) in [6.45, 7) is 1.88. The first-order valence-electron chi connectivity index (χ1n) is 5.80. The topological polar surface area (TPSA) is 49.8 Å². The van der Waals surface area contributed by atoms with Gasteiger partial charge in [0.15, 0.2) is 0 Å². The number of rotatable bonds is 2. The molecule has 0 bridgehead atoms. The van der Waals surface area contributed by atoms with Crippen molar-refractivity contribution in [3.63, 3.8) is 0 Å². The van der Waals surface area contributed by atoms with Gasteiger partial charge in [0.1, 0.15) is 22.6 Å². The highest BCUT2D eigenvalue weighted by molar-refractivity contribution is 7.19. The number of thiazole rings is 1. The Kier molecular flexibility index (Phi) is 2.90. The fraction of sp³-hybridized carbons (Fsp3) is 0.0667. The van der Waals surface area contributed by atoms with Crippen molar-refractivity contribution >= 4 is 33.2 Å². The molecule has 0 aliphatic heterocycles. The summed E-state index contributed by atoms with van der Waals surface area (Å²) in [6, 6.07) is 13.8. The van der Waals surface area contributed by atoms with Gasteiger partial charge in [0, 0.05) is 6.08 Å². The average molecular weight is 266 g/mol. The van der Waals surface area contributed by atoms with Gasteiger partial charge in [-0.05, 0) is 31.2 Å². The highest BCUT2D eigenvalue weighted by Gasteiger charge is 2.09. The smallest absolute Gasteiger partial charge is 0.135 e. The third kappa shape index (κ3) is 2.28. The van der Waals surface area contributed by atoms with Crippen LogP contribution in [0.15, 0.2) is 40.8 Å². The standard InChI is InChI=1S/C15H10N2OS/c1-10-6-7-12(18-10)8-11(9-16)15-17-13-4-2-3-5-14(13)19-15/h2-8H,1H3/b11-8+. The zero-order chi connectivity index (χ0) is 13.2. The molecule has 0 aliphatic rings. The number of aryl methyl sites for hydroxylation is 1. The van der Waals surface area contributed by atoms with E-state index in [4.69, 9.17) is 4.42 Å². The molecule has 1 aromatic carbocycles. The van der Waals surface area contributed by atoms with Gasteiger partial charge in [-0.3, -0.25) is 0 Å². The van der Waals surface area contributed by atoms with Crippen molar-refractivity contribution in [2.24, 2.45) is 0 Å². The number of fused-ring (bicyclic) bond motifs is 1. The lowest BCUT2D eigenvalue weighted by Gasteiger charge is -1.90. The van der Waals surface area contributed by atoms with Crippen LogP contribution in [0, 0.1) is 18.3 Å². The Labute approximate surface area is 114 Å². The third-order valence-corrected chi connectivity index (χ3v) is 3.76. The molecule has 0 saturated carbocycles. The Morgan fingerprint density at radius 2 is 2.16 bits per heavy atom. The molecule has 0 amide bonds. The Hall–Kier alpha value is -2.38. The molecule has 3 nitrogen and oxygen atoms in total. The van der Waals surface area contributed by atoms with Gasteiger partial charge in [0.25, 0.3) is 0 Å². The molecule has 0 atom stereocenters. The van der Waals surface area contributed by atoms with Gasteiger partial charge in [0.05, 0.1) is 15.8 Å². The molecule has 0 fully saturated rings. The molecule has 3 rings (SSSR count). The fourth-order valence-electron chi connectivity index (χ4n) is 1.80. The molecule has 0 N–H and O–H groups in total. The summed E-state index contributed by atoms with van der Waals surface area (Å²) in [6.07, 6.45) is 1.73. The molecule has 19 heavy (non-hydrogen) atoms. The van der Waals surface area contributed by atoms with Crippen molar-refractivity contribution in [2.75, 3.05) is 0 Å². The molecule has 0 radical (unpaired) electrons. The first-order chi connectivity index (χ1) is 9.26. The second kappa shape index (κ2) is 4.71. The number of benzene rings is 1. The number of furan rings is 1. The van der Waals surface area contributed by atoms with Gasteiger partial charge in [0.2, 0.25) is 0 Å². The maximum atomic E-state index is 9.28. The van der Waals surface area contributed by atoms with E-state index in [0.29, 0.717) is 11.3 Å². The van der Waals surface area contributed by atoms with Crippen molar-refractivity contribution < 1.29 is 4.42 Å². The number of para-hydroxylation sites is 1. The molecule has 0 saturated heterocycles. The zero-order valence-electron chi connectivity index (χ0n) is 10.3. The summed E-state index contributed by atoms with van der Waals surface area (Å²) in [4.78, 5) is 4.47. The highest BCUT2D eigenvalue weighted by atomic mass is 32.1. The third-order valence-electron chi connectivity index (χ3n) is 2.69. The second-order valence-corrected chi connectivity index (χ2v) is 5.14. The number of hydrogen-bond donors (Lipinski definition) is 0. The molecule has 2 aromatic heterocycles. The van der Waals surface area contributed by atoms with Crippen LogP contribution in [0.1, 0.15) is 16.5 Å². The summed E-state index contributed by atoms with van der Waals surface area (Å²) < 4.78 is 6.54. The van der Waals surface area contributed by atoms with E-state index in [2.05, 4.69) is 11.1 Å². The van der Waals surface area contributed by atoms with E-state index >= 15 is 0 Å². The molecule has 2 heterocycles. The van der Waals surface area contributed by atoms with Crippen molar-refractivity contribution in [3.05, 3.63) is 52.9 Å². The van der Waals surface area contributed by atoms with Crippen molar-refractivity contribution in [3.8, 4) is 6.07 Å². The minimum Gasteiger partial charge on any atom is -0.462 e. The lowest BCUT2D eigenvalue weighted by molar-refractivity contribution is 0.525. The van der Waals surface area contributed by atoms with Gasteiger partial charge in [-0.25, -0.2) is 4.98 Å². The van der Waals surface area contributed by atoms with Gasteiger partial charge in [-0.1, -0.05) is 12.1 Å². The lowest BCUT2D eigenvalue weighted by atomic mass is 10.2. The first-order valence-corrected chi connectivity index (χ1v) is 6.62. The number of hydrogen-bond acceptors (Lipinski definition) is 4. The number of allylic oxidation sites excluding steroid dienone is 1. The van der Waals surface area contributed by atoms with Crippen LogP contribution >= 0.6 is 11.3 Å². The van der Waals surface area contributed by atoms with E-state index in [1.807, 2.05) is 43.3 Å². The molecule has 0 unspecified atom stereocenters. The van der Waals surface area contributed by atoms with Crippen molar-refractivity contribution in [1.82, 2.24) is 4.98 Å². The minimum absolute atomic E-state index is 0.524. The molecule has 0 spiro atoms. The Morgan fingerprint density at radius 1 is 1.32 bits per heavy atom. The molecule has 92 valence electrons. The summed E-state index contributed by atoms with van der Waals surface area (Å²) in [5, 5.41) is 10.00. The van der Waals surface area contributed by atoms with Crippen LogP contribution in [0.3, 0.4) is 0 Å². The van der Waals surface area contributed by atoms with E-state index in [9.17, 15) is 5.26 Å². The van der Waals surface area contributed by atoms with Gasteiger partial charge in [-0.15, -0.1) is 11.3 Å². The second-order valence-electron chi connectivity index (χ2n) is 4.10. The quantitative estimate of drug-likeness (QED) is 0.651. The van der Waals surface area contributed by atoms with Crippen LogP contribution in [0.2, 0.25) is 0 Å². The summed E-state index contributed by atoms with van der Waals surface area (Å²) in [7, 11) is 0. The van der Waals surface area contributed by atoms with Gasteiger partial charge >= 0.3 is 0 Å². The molecule has 0 aliphatic carbocycles. The summed E-state index contributed by atoms with van der Waals surface area (Å²) in [5.41, 5.74) is 1.44. The maximum Gasteiger partial charge on any atom is 0.135 e. The largest absolute Gasteiger partial charge is 0.462 e. The predicted molar refractivity (Wildman–Crippen MR) is 76.5 cm³/mol.